The Bertz CT molecular complexity index is 770. The number of nitrogens with one attached hydrogen (secondary N) is 1. The number of hydrogen-bond donors (Lipinski definition) is 1. The Morgan fingerprint density at radius 1 is 0.913 bits per heavy atom. The van der Waals surface area contributed by atoms with Crippen LogP contribution in [0.1, 0.15) is 11.6 Å². The van der Waals surface area contributed by atoms with Gasteiger partial charge in [0, 0.05) is 26.2 Å². The molecule has 1 heterocycles. The van der Waals surface area contributed by atoms with Crippen LogP contribution in [-0.2, 0) is 0 Å². The van der Waals surface area contributed by atoms with E-state index in [9.17, 15) is 4.39 Å². The molecule has 1 aliphatic heterocycles. The highest BCUT2D eigenvalue weighted by Crippen LogP contribution is 2.35. The van der Waals surface area contributed by atoms with Crippen LogP contribution in [0.5, 0.6) is 0 Å². The normalized spacial score (nSPS) is 17.6. The van der Waals surface area contributed by atoms with Crippen molar-refractivity contribution in [2.45, 2.75) is 6.04 Å². The fourth-order valence-electron chi connectivity index (χ4n) is 3.76. The zero-order valence-corrected chi connectivity index (χ0v) is 13.1. The second-order valence-corrected chi connectivity index (χ2v) is 6.19. The molecule has 2 nitrogen and oxygen atoms in total. The number of hydrogen-bond acceptors (Lipinski definition) is 2. The maximum Gasteiger partial charge on any atom is 0.109 e. The van der Waals surface area contributed by atoms with Gasteiger partial charge in [0.05, 0.1) is 6.04 Å². The second kappa shape index (κ2) is 6.26. The van der Waals surface area contributed by atoms with E-state index in [2.05, 4.69) is 52.7 Å². The predicted octanol–water partition coefficient (Wildman–Crippen LogP) is 3.91. The Morgan fingerprint density at radius 3 is 2.04 bits per heavy atom. The molecule has 118 valence electrons. The molecule has 0 amide bonds. The number of benzene rings is 3. The highest BCUT2D eigenvalue weighted by molar-refractivity contribution is 6.02. The van der Waals surface area contributed by atoms with Gasteiger partial charge in [-0.15, -0.1) is 0 Å². The predicted molar refractivity (Wildman–Crippen MR) is 94.6 cm³/mol. The van der Waals surface area contributed by atoms with Crippen LogP contribution in [0.15, 0.2) is 54.6 Å². The zero-order valence-electron chi connectivity index (χ0n) is 13.1. The number of piperazine rings is 1. The molecule has 1 N–H and O–H groups in total. The van der Waals surface area contributed by atoms with Crippen LogP contribution in [0, 0.1) is 0 Å². The molecule has 23 heavy (non-hydrogen) atoms. The van der Waals surface area contributed by atoms with Gasteiger partial charge in [-0.1, -0.05) is 48.5 Å². The standard InChI is InChI=1S/C20H21FN2/c21-14-19(23-11-9-22-10-12-23)20-17-7-3-1-5-15(17)13-16-6-2-4-8-18(16)20/h1-8,13,19,22H,9-12,14H2/t19-/m1/s1. The highest BCUT2D eigenvalue weighted by atomic mass is 19.1. The Kier molecular flexibility index (Phi) is 3.98. The summed E-state index contributed by atoms with van der Waals surface area (Å²) in [6, 6.07) is 18.7. The van der Waals surface area contributed by atoms with Gasteiger partial charge in [0.15, 0.2) is 0 Å². The molecule has 0 bridgehead atoms. The maximum absolute atomic E-state index is 14.1. The number of fused-ring (bicyclic) bond motifs is 2. The summed E-state index contributed by atoms with van der Waals surface area (Å²) < 4.78 is 14.1. The first-order valence-corrected chi connectivity index (χ1v) is 8.29. The smallest absolute Gasteiger partial charge is 0.109 e. The van der Waals surface area contributed by atoms with Crippen molar-refractivity contribution in [3.63, 3.8) is 0 Å². The quantitative estimate of drug-likeness (QED) is 0.738. The Balaban J connectivity index is 1.97. The van der Waals surface area contributed by atoms with E-state index in [1.54, 1.807) is 0 Å². The molecular weight excluding hydrogens is 287 g/mol. The van der Waals surface area contributed by atoms with Crippen LogP contribution >= 0.6 is 0 Å². The lowest BCUT2D eigenvalue weighted by Gasteiger charge is -2.34. The van der Waals surface area contributed by atoms with Gasteiger partial charge in [-0.25, -0.2) is 4.39 Å². The number of nitrogens with zero attached hydrogens (tertiary/aromatic N) is 1. The molecule has 3 aromatic carbocycles. The topological polar surface area (TPSA) is 15.3 Å². The highest BCUT2D eigenvalue weighted by Gasteiger charge is 2.25. The van der Waals surface area contributed by atoms with Crippen LogP contribution in [0.3, 0.4) is 0 Å². The van der Waals surface area contributed by atoms with Crippen molar-refractivity contribution in [2.75, 3.05) is 32.9 Å². The Hall–Kier alpha value is -1.97. The lowest BCUT2D eigenvalue weighted by Crippen LogP contribution is -2.45. The van der Waals surface area contributed by atoms with E-state index in [0.717, 1.165) is 31.7 Å². The molecule has 1 aliphatic rings. The maximum atomic E-state index is 14.1. The van der Waals surface area contributed by atoms with E-state index in [1.807, 2.05) is 12.1 Å². The average Bonchev–Trinajstić information content (AvgIpc) is 2.62. The lowest BCUT2D eigenvalue weighted by molar-refractivity contribution is 0.149. The van der Waals surface area contributed by atoms with Crippen molar-refractivity contribution in [3.8, 4) is 0 Å². The van der Waals surface area contributed by atoms with Gasteiger partial charge in [-0.05, 0) is 33.2 Å². The summed E-state index contributed by atoms with van der Waals surface area (Å²) in [5.74, 6) is 0. The molecule has 1 saturated heterocycles. The van der Waals surface area contributed by atoms with E-state index < -0.39 is 0 Å². The molecular formula is C20H21FN2. The fourth-order valence-corrected chi connectivity index (χ4v) is 3.76. The third-order valence-electron chi connectivity index (χ3n) is 4.88. The first kappa shape index (κ1) is 14.6. The second-order valence-electron chi connectivity index (χ2n) is 6.19. The van der Waals surface area contributed by atoms with Crippen molar-refractivity contribution in [1.29, 1.82) is 0 Å². The van der Waals surface area contributed by atoms with E-state index in [4.69, 9.17) is 0 Å². The summed E-state index contributed by atoms with van der Waals surface area (Å²) in [7, 11) is 0. The summed E-state index contributed by atoms with van der Waals surface area (Å²) in [6.07, 6.45) is 0. The van der Waals surface area contributed by atoms with E-state index in [-0.39, 0.29) is 12.7 Å². The summed E-state index contributed by atoms with van der Waals surface area (Å²) >= 11 is 0. The molecule has 3 aromatic rings. The van der Waals surface area contributed by atoms with Gasteiger partial charge in [-0.3, -0.25) is 4.90 Å². The van der Waals surface area contributed by atoms with Crippen molar-refractivity contribution < 1.29 is 4.39 Å². The summed E-state index contributed by atoms with van der Waals surface area (Å²) in [5.41, 5.74) is 1.14. The molecule has 0 aromatic heterocycles. The summed E-state index contributed by atoms with van der Waals surface area (Å²) in [4.78, 5) is 2.28. The molecule has 4 rings (SSSR count). The molecule has 0 spiro atoms. The van der Waals surface area contributed by atoms with Crippen molar-refractivity contribution in [3.05, 3.63) is 60.2 Å². The van der Waals surface area contributed by atoms with Crippen molar-refractivity contribution in [2.24, 2.45) is 0 Å². The van der Waals surface area contributed by atoms with Crippen LogP contribution in [0.2, 0.25) is 0 Å². The molecule has 0 saturated carbocycles. The monoisotopic (exact) mass is 308 g/mol. The first-order chi connectivity index (χ1) is 11.4. The lowest BCUT2D eigenvalue weighted by atomic mass is 9.91. The number of rotatable bonds is 3. The summed E-state index contributed by atoms with van der Waals surface area (Å²) in [5, 5.41) is 8.08. The van der Waals surface area contributed by atoms with Crippen LogP contribution in [-0.4, -0.2) is 37.8 Å². The molecule has 1 atom stereocenters. The number of alkyl halides is 1. The molecule has 0 radical (unpaired) electrons. The third-order valence-corrected chi connectivity index (χ3v) is 4.88. The molecule has 0 aliphatic carbocycles. The number of halogens is 1. The molecule has 0 unspecified atom stereocenters. The SMILES string of the molecule is FC[C@H](c1c2ccccc2cc2ccccc12)N1CCNCC1. The zero-order chi connectivity index (χ0) is 15.6. The Morgan fingerprint density at radius 2 is 1.48 bits per heavy atom. The summed E-state index contributed by atoms with van der Waals surface area (Å²) in [6.45, 7) is 3.30. The molecule has 1 fully saturated rings. The van der Waals surface area contributed by atoms with E-state index in [0.29, 0.717) is 0 Å². The van der Waals surface area contributed by atoms with Gasteiger partial charge < -0.3 is 5.32 Å². The van der Waals surface area contributed by atoms with Gasteiger partial charge in [0.1, 0.15) is 6.67 Å². The van der Waals surface area contributed by atoms with Gasteiger partial charge in [0.2, 0.25) is 0 Å². The van der Waals surface area contributed by atoms with Gasteiger partial charge in [-0.2, -0.15) is 0 Å². The fraction of sp³-hybridized carbons (Fsp3) is 0.300. The largest absolute Gasteiger partial charge is 0.314 e. The van der Waals surface area contributed by atoms with Gasteiger partial charge >= 0.3 is 0 Å². The molecule has 3 heteroatoms. The minimum Gasteiger partial charge on any atom is -0.314 e. The first-order valence-electron chi connectivity index (χ1n) is 8.29. The van der Waals surface area contributed by atoms with Crippen LogP contribution < -0.4 is 5.32 Å². The Labute approximate surface area is 135 Å². The third kappa shape index (κ3) is 2.60. The average molecular weight is 308 g/mol. The van der Waals surface area contributed by atoms with Crippen LogP contribution in [0.25, 0.3) is 21.5 Å². The van der Waals surface area contributed by atoms with Gasteiger partial charge in [0.25, 0.3) is 0 Å². The van der Waals surface area contributed by atoms with E-state index >= 15 is 0 Å². The minimum absolute atomic E-state index is 0.173. The minimum atomic E-state index is -0.349. The van der Waals surface area contributed by atoms with E-state index in [1.165, 1.54) is 21.5 Å². The van der Waals surface area contributed by atoms with Crippen molar-refractivity contribution in [1.82, 2.24) is 10.2 Å². The van der Waals surface area contributed by atoms with Crippen molar-refractivity contribution >= 4 is 21.5 Å². The van der Waals surface area contributed by atoms with Crippen LogP contribution in [0.4, 0.5) is 4.39 Å².